The monoisotopic (exact) mass is 209 g/mol. The fourth-order valence-electron chi connectivity index (χ4n) is 1.05. The van der Waals surface area contributed by atoms with Crippen molar-refractivity contribution in [2.75, 3.05) is 19.7 Å². The standard InChI is InChI=1S/C10H15N3O2/c1-2-12-5-6-15-8-3-4-13-9(7-8)10(11)14/h3-4,7,12H,2,5-6H2,1H3,(H2,11,14). The van der Waals surface area contributed by atoms with Gasteiger partial charge in [-0.25, -0.2) is 0 Å². The van der Waals surface area contributed by atoms with Crippen LogP contribution in [-0.2, 0) is 0 Å². The number of aromatic nitrogens is 1. The second-order valence-electron chi connectivity index (χ2n) is 2.94. The molecular weight excluding hydrogens is 194 g/mol. The van der Waals surface area contributed by atoms with Crippen LogP contribution in [0.15, 0.2) is 18.3 Å². The molecule has 0 spiro atoms. The molecule has 0 saturated carbocycles. The number of nitrogens with zero attached hydrogens (tertiary/aromatic N) is 1. The molecule has 0 aliphatic rings. The number of nitrogens with two attached hydrogens (primary N) is 1. The van der Waals surface area contributed by atoms with Crippen molar-refractivity contribution < 1.29 is 9.53 Å². The van der Waals surface area contributed by atoms with Crippen LogP contribution < -0.4 is 15.8 Å². The van der Waals surface area contributed by atoms with Crippen molar-refractivity contribution in [2.45, 2.75) is 6.92 Å². The molecule has 0 aromatic carbocycles. The summed E-state index contributed by atoms with van der Waals surface area (Å²) in [5, 5.41) is 3.12. The van der Waals surface area contributed by atoms with E-state index in [1.54, 1.807) is 6.07 Å². The summed E-state index contributed by atoms with van der Waals surface area (Å²) in [6.07, 6.45) is 1.50. The number of ether oxygens (including phenoxy) is 1. The lowest BCUT2D eigenvalue weighted by molar-refractivity contribution is 0.0995. The van der Waals surface area contributed by atoms with Crippen LogP contribution in [0.5, 0.6) is 5.75 Å². The van der Waals surface area contributed by atoms with Crippen LogP contribution in [0.2, 0.25) is 0 Å². The van der Waals surface area contributed by atoms with Gasteiger partial charge in [0.25, 0.3) is 5.91 Å². The Morgan fingerprint density at radius 2 is 2.47 bits per heavy atom. The zero-order valence-corrected chi connectivity index (χ0v) is 8.69. The smallest absolute Gasteiger partial charge is 0.267 e. The van der Waals surface area contributed by atoms with Crippen molar-refractivity contribution in [1.29, 1.82) is 0 Å². The zero-order valence-electron chi connectivity index (χ0n) is 8.69. The highest BCUT2D eigenvalue weighted by Crippen LogP contribution is 2.09. The normalized spacial score (nSPS) is 9.93. The van der Waals surface area contributed by atoms with Crippen molar-refractivity contribution in [3.05, 3.63) is 24.0 Å². The third-order valence-corrected chi connectivity index (χ3v) is 1.78. The average molecular weight is 209 g/mol. The maximum atomic E-state index is 10.8. The van der Waals surface area contributed by atoms with E-state index in [9.17, 15) is 4.79 Å². The molecule has 82 valence electrons. The lowest BCUT2D eigenvalue weighted by Gasteiger charge is -2.06. The Hall–Kier alpha value is -1.62. The molecule has 3 N–H and O–H groups in total. The predicted molar refractivity (Wildman–Crippen MR) is 56.8 cm³/mol. The van der Waals surface area contributed by atoms with Crippen LogP contribution in [0.25, 0.3) is 0 Å². The Morgan fingerprint density at radius 1 is 1.67 bits per heavy atom. The molecule has 0 atom stereocenters. The number of amides is 1. The summed E-state index contributed by atoms with van der Waals surface area (Å²) in [5.74, 6) is 0.0591. The quantitative estimate of drug-likeness (QED) is 0.655. The van der Waals surface area contributed by atoms with E-state index in [1.165, 1.54) is 12.3 Å². The molecule has 0 aliphatic heterocycles. The number of primary amides is 1. The first-order valence-electron chi connectivity index (χ1n) is 4.83. The molecule has 0 saturated heterocycles. The SMILES string of the molecule is CCNCCOc1ccnc(C(N)=O)c1. The molecule has 0 bridgehead atoms. The molecule has 1 aromatic rings. The van der Waals surface area contributed by atoms with E-state index in [-0.39, 0.29) is 5.69 Å². The fourth-order valence-corrected chi connectivity index (χ4v) is 1.05. The summed E-state index contributed by atoms with van der Waals surface area (Å²) >= 11 is 0. The van der Waals surface area contributed by atoms with E-state index >= 15 is 0 Å². The van der Waals surface area contributed by atoms with Gasteiger partial charge in [-0.1, -0.05) is 6.92 Å². The largest absolute Gasteiger partial charge is 0.492 e. The van der Waals surface area contributed by atoms with Crippen molar-refractivity contribution in [2.24, 2.45) is 5.73 Å². The van der Waals surface area contributed by atoms with E-state index in [1.807, 2.05) is 6.92 Å². The molecule has 5 heteroatoms. The first kappa shape index (κ1) is 11.5. The van der Waals surface area contributed by atoms with Gasteiger partial charge in [0, 0.05) is 18.8 Å². The second kappa shape index (κ2) is 5.98. The van der Waals surface area contributed by atoms with E-state index in [2.05, 4.69) is 10.3 Å². The number of carbonyl (C=O) groups is 1. The van der Waals surface area contributed by atoms with Gasteiger partial charge in [-0.3, -0.25) is 9.78 Å². The third-order valence-electron chi connectivity index (χ3n) is 1.78. The molecule has 15 heavy (non-hydrogen) atoms. The summed E-state index contributed by atoms with van der Waals surface area (Å²) < 4.78 is 5.39. The number of nitrogens with one attached hydrogen (secondary N) is 1. The van der Waals surface area contributed by atoms with Gasteiger partial charge in [-0.05, 0) is 12.6 Å². The minimum absolute atomic E-state index is 0.218. The maximum absolute atomic E-state index is 10.8. The third kappa shape index (κ3) is 3.95. The van der Waals surface area contributed by atoms with E-state index in [0.29, 0.717) is 12.4 Å². The molecule has 0 fully saturated rings. The molecule has 1 rings (SSSR count). The van der Waals surface area contributed by atoms with Crippen LogP contribution >= 0.6 is 0 Å². The van der Waals surface area contributed by atoms with E-state index < -0.39 is 5.91 Å². The first-order chi connectivity index (χ1) is 7.24. The van der Waals surface area contributed by atoms with Gasteiger partial charge in [0.1, 0.15) is 18.1 Å². The number of carbonyl (C=O) groups excluding carboxylic acids is 1. The summed E-state index contributed by atoms with van der Waals surface area (Å²) in [4.78, 5) is 14.6. The summed E-state index contributed by atoms with van der Waals surface area (Å²) in [7, 11) is 0. The Kier molecular flexibility index (Phi) is 4.56. The van der Waals surface area contributed by atoms with Crippen molar-refractivity contribution in [1.82, 2.24) is 10.3 Å². The molecule has 5 nitrogen and oxygen atoms in total. The van der Waals surface area contributed by atoms with E-state index in [4.69, 9.17) is 10.5 Å². The lowest BCUT2D eigenvalue weighted by Crippen LogP contribution is -2.20. The number of rotatable bonds is 6. The average Bonchev–Trinajstić information content (AvgIpc) is 2.25. The van der Waals surface area contributed by atoms with Crippen LogP contribution in [-0.4, -0.2) is 30.6 Å². The predicted octanol–water partition coefficient (Wildman–Crippen LogP) is 0.169. The lowest BCUT2D eigenvalue weighted by atomic mass is 10.3. The van der Waals surface area contributed by atoms with Gasteiger partial charge in [-0.15, -0.1) is 0 Å². The van der Waals surface area contributed by atoms with Crippen LogP contribution in [0.4, 0.5) is 0 Å². The molecule has 0 radical (unpaired) electrons. The number of pyridine rings is 1. The highest BCUT2D eigenvalue weighted by Gasteiger charge is 2.02. The summed E-state index contributed by atoms with van der Waals surface area (Å²) in [6.45, 7) is 4.25. The van der Waals surface area contributed by atoms with Gasteiger partial charge in [0.2, 0.25) is 0 Å². The molecule has 1 heterocycles. The van der Waals surface area contributed by atoms with Crippen LogP contribution in [0.3, 0.4) is 0 Å². The number of hydrogen-bond donors (Lipinski definition) is 2. The maximum Gasteiger partial charge on any atom is 0.267 e. The molecule has 0 unspecified atom stereocenters. The molecule has 1 aromatic heterocycles. The number of hydrogen-bond acceptors (Lipinski definition) is 4. The van der Waals surface area contributed by atoms with Crippen molar-refractivity contribution in [3.63, 3.8) is 0 Å². The minimum atomic E-state index is -0.549. The Balaban J connectivity index is 2.47. The second-order valence-corrected chi connectivity index (χ2v) is 2.94. The van der Waals surface area contributed by atoms with Crippen LogP contribution in [0, 0.1) is 0 Å². The van der Waals surface area contributed by atoms with Crippen LogP contribution in [0.1, 0.15) is 17.4 Å². The highest BCUT2D eigenvalue weighted by atomic mass is 16.5. The highest BCUT2D eigenvalue weighted by molar-refractivity contribution is 5.91. The number of likely N-dealkylation sites (N-methyl/N-ethyl adjacent to an activating group) is 1. The minimum Gasteiger partial charge on any atom is -0.492 e. The Bertz CT molecular complexity index is 328. The van der Waals surface area contributed by atoms with E-state index in [0.717, 1.165) is 13.1 Å². The summed E-state index contributed by atoms with van der Waals surface area (Å²) in [5.41, 5.74) is 5.31. The Morgan fingerprint density at radius 3 is 3.13 bits per heavy atom. The Labute approximate surface area is 88.6 Å². The van der Waals surface area contributed by atoms with Gasteiger partial charge in [-0.2, -0.15) is 0 Å². The van der Waals surface area contributed by atoms with Gasteiger partial charge in [0.05, 0.1) is 0 Å². The topological polar surface area (TPSA) is 77.2 Å². The molecule has 1 amide bonds. The first-order valence-corrected chi connectivity index (χ1v) is 4.83. The van der Waals surface area contributed by atoms with Gasteiger partial charge < -0.3 is 15.8 Å². The fraction of sp³-hybridized carbons (Fsp3) is 0.400. The van der Waals surface area contributed by atoms with Crippen molar-refractivity contribution in [3.8, 4) is 5.75 Å². The van der Waals surface area contributed by atoms with Gasteiger partial charge in [0.15, 0.2) is 0 Å². The van der Waals surface area contributed by atoms with Crippen molar-refractivity contribution >= 4 is 5.91 Å². The summed E-state index contributed by atoms with van der Waals surface area (Å²) in [6, 6.07) is 3.23. The zero-order chi connectivity index (χ0) is 11.1. The van der Waals surface area contributed by atoms with Gasteiger partial charge >= 0.3 is 0 Å². The molecular formula is C10H15N3O2. The molecule has 0 aliphatic carbocycles.